The van der Waals surface area contributed by atoms with Crippen molar-refractivity contribution in [3.8, 4) is 0 Å². The molecule has 6 rings (SSSR count). The summed E-state index contributed by atoms with van der Waals surface area (Å²) in [6.07, 6.45) is -2.02. The smallest absolute Gasteiger partial charge is 0.370 e. The number of aromatic nitrogens is 2. The lowest BCUT2D eigenvalue weighted by atomic mass is 9.95. The van der Waals surface area contributed by atoms with E-state index < -0.39 is 17.5 Å². The van der Waals surface area contributed by atoms with Crippen molar-refractivity contribution in [2.24, 2.45) is 13.0 Å². The lowest BCUT2D eigenvalue weighted by molar-refractivity contribution is -0.176. The van der Waals surface area contributed by atoms with Crippen molar-refractivity contribution in [3.63, 3.8) is 0 Å². The number of fused-ring (bicyclic) bond motifs is 1. The highest BCUT2D eigenvalue weighted by Crippen LogP contribution is 2.48. The molecule has 220 valence electrons. The van der Waals surface area contributed by atoms with Gasteiger partial charge >= 0.3 is 6.18 Å². The van der Waals surface area contributed by atoms with Crippen molar-refractivity contribution < 1.29 is 18.0 Å². The molecule has 42 heavy (non-hydrogen) atoms. The van der Waals surface area contributed by atoms with Gasteiger partial charge in [0.05, 0.1) is 43.8 Å². The predicted octanol–water partition coefficient (Wildman–Crippen LogP) is 7.75. The van der Waals surface area contributed by atoms with Crippen molar-refractivity contribution in [2.45, 2.75) is 43.8 Å². The Labute approximate surface area is 251 Å². The Kier molecular flexibility index (Phi) is 7.51. The second kappa shape index (κ2) is 11.0. The van der Waals surface area contributed by atoms with E-state index in [1.807, 2.05) is 54.1 Å². The van der Waals surface area contributed by atoms with Crippen LogP contribution in [0.2, 0.25) is 10.0 Å². The Morgan fingerprint density at radius 2 is 1.83 bits per heavy atom. The Balaban J connectivity index is 1.19. The number of rotatable bonds is 7. The zero-order chi connectivity index (χ0) is 29.6. The zero-order valence-corrected chi connectivity index (χ0v) is 24.5. The second-order valence-electron chi connectivity index (χ2n) is 11.2. The van der Waals surface area contributed by atoms with Gasteiger partial charge in [-0.05, 0) is 61.1 Å². The molecule has 2 heterocycles. The van der Waals surface area contributed by atoms with Crippen LogP contribution in [0, 0.1) is 5.92 Å². The number of alkyl halides is 3. The van der Waals surface area contributed by atoms with E-state index in [0.717, 1.165) is 29.5 Å². The van der Waals surface area contributed by atoms with E-state index in [0.29, 0.717) is 52.4 Å². The van der Waals surface area contributed by atoms with Crippen molar-refractivity contribution in [1.29, 1.82) is 0 Å². The molecule has 1 aliphatic carbocycles. The van der Waals surface area contributed by atoms with Crippen molar-refractivity contribution in [2.75, 3.05) is 23.3 Å². The van der Waals surface area contributed by atoms with Crippen LogP contribution in [0.25, 0.3) is 11.0 Å². The largest absolute Gasteiger partial charge is 0.393 e. The van der Waals surface area contributed by atoms with Crippen LogP contribution in [0.15, 0.2) is 60.7 Å². The first-order chi connectivity index (χ1) is 20.0. The van der Waals surface area contributed by atoms with Crippen LogP contribution in [0.3, 0.4) is 0 Å². The zero-order valence-electron chi connectivity index (χ0n) is 22.9. The van der Waals surface area contributed by atoms with Crippen LogP contribution in [-0.4, -0.2) is 34.7 Å². The van der Waals surface area contributed by atoms with Crippen LogP contribution < -0.4 is 15.5 Å². The third-order valence-corrected chi connectivity index (χ3v) is 9.05. The first-order valence-electron chi connectivity index (χ1n) is 13.9. The summed E-state index contributed by atoms with van der Waals surface area (Å²) in [4.78, 5) is 19.5. The number of anilines is 3. The highest BCUT2D eigenvalue weighted by atomic mass is 35.5. The molecule has 1 saturated heterocycles. The van der Waals surface area contributed by atoms with Crippen LogP contribution in [0.4, 0.5) is 30.5 Å². The number of hydrogen-bond acceptors (Lipinski definition) is 4. The number of imidazole rings is 1. The van der Waals surface area contributed by atoms with E-state index in [2.05, 4.69) is 15.6 Å². The van der Waals surface area contributed by atoms with Crippen LogP contribution in [0.1, 0.15) is 36.8 Å². The van der Waals surface area contributed by atoms with Gasteiger partial charge in [0.25, 0.3) is 0 Å². The summed E-state index contributed by atoms with van der Waals surface area (Å²) in [6.45, 7) is 0.727. The van der Waals surface area contributed by atoms with Gasteiger partial charge in [0.2, 0.25) is 11.9 Å². The molecule has 1 atom stereocenters. The Morgan fingerprint density at radius 1 is 1.07 bits per heavy atom. The highest BCUT2D eigenvalue weighted by Gasteiger charge is 2.51. The number of piperidine rings is 1. The molecular formula is C31H30Cl2F3N5O. The Hall–Kier alpha value is -3.43. The number of halogens is 5. The Morgan fingerprint density at radius 3 is 2.55 bits per heavy atom. The van der Waals surface area contributed by atoms with Crippen molar-refractivity contribution >= 4 is 57.5 Å². The fourth-order valence-corrected chi connectivity index (χ4v) is 6.24. The van der Waals surface area contributed by atoms with Gasteiger partial charge < -0.3 is 20.1 Å². The fraction of sp³-hybridized carbons (Fsp3) is 0.355. The normalized spacial score (nSPS) is 18.2. The average Bonchev–Trinajstić information content (AvgIpc) is 3.74. The molecule has 2 fully saturated rings. The molecule has 1 unspecified atom stereocenters. The van der Waals surface area contributed by atoms with E-state index >= 15 is 0 Å². The molecule has 4 aromatic rings. The summed E-state index contributed by atoms with van der Waals surface area (Å²) in [5.41, 5.74) is 3.95. The minimum Gasteiger partial charge on any atom is -0.370 e. The second-order valence-corrected chi connectivity index (χ2v) is 12.0. The Bertz CT molecular complexity index is 1640. The minimum atomic E-state index is -4.24. The maximum absolute atomic E-state index is 13.4. The minimum absolute atomic E-state index is 0.0106. The number of nitrogens with one attached hydrogen (secondary N) is 2. The van der Waals surface area contributed by atoms with Crippen molar-refractivity contribution in [3.05, 3.63) is 81.8 Å². The summed E-state index contributed by atoms with van der Waals surface area (Å²) in [7, 11) is 1.82. The number of amides is 1. The van der Waals surface area contributed by atoms with E-state index in [-0.39, 0.29) is 18.9 Å². The van der Waals surface area contributed by atoms with Gasteiger partial charge in [-0.25, -0.2) is 4.98 Å². The van der Waals surface area contributed by atoms with E-state index in [4.69, 9.17) is 23.2 Å². The standard InChI is InChI=1S/C31H30Cl2F3N5O/c1-40-27-16-26(41-13-5-8-21(18-41)31(34,35)36)23(33)15-25(27)39-29(40)38-24-14-19(9-10-22(24)32)17-37-28(42)30(11-12-30)20-6-3-2-4-7-20/h2-4,6-7,9-10,14-16,21H,5,8,11-13,17-18H2,1H3,(H,37,42)(H,38,39). The van der Waals surface area contributed by atoms with Gasteiger partial charge in [-0.1, -0.05) is 59.6 Å². The molecule has 0 bridgehead atoms. The third kappa shape index (κ3) is 5.52. The molecular weight excluding hydrogens is 586 g/mol. The molecule has 6 nitrogen and oxygen atoms in total. The molecule has 1 aromatic heterocycles. The maximum Gasteiger partial charge on any atom is 0.393 e. The summed E-state index contributed by atoms with van der Waals surface area (Å²) in [5, 5.41) is 7.19. The van der Waals surface area contributed by atoms with Gasteiger partial charge in [0.1, 0.15) is 0 Å². The summed E-state index contributed by atoms with van der Waals surface area (Å²) in [6, 6.07) is 18.8. The molecule has 11 heteroatoms. The van der Waals surface area contributed by atoms with Crippen LogP contribution in [-0.2, 0) is 23.8 Å². The lowest BCUT2D eigenvalue weighted by Gasteiger charge is -2.35. The summed E-state index contributed by atoms with van der Waals surface area (Å²) in [5.74, 6) is -0.875. The molecule has 0 radical (unpaired) electrons. The average molecular weight is 617 g/mol. The van der Waals surface area contributed by atoms with Gasteiger partial charge in [-0.15, -0.1) is 0 Å². The number of nitrogens with zero attached hydrogens (tertiary/aromatic N) is 3. The molecule has 0 spiro atoms. The van der Waals surface area contributed by atoms with Gasteiger partial charge in [-0.3, -0.25) is 4.79 Å². The molecule has 3 aromatic carbocycles. The predicted molar refractivity (Wildman–Crippen MR) is 161 cm³/mol. The highest BCUT2D eigenvalue weighted by molar-refractivity contribution is 6.34. The maximum atomic E-state index is 13.4. The van der Waals surface area contributed by atoms with E-state index in [9.17, 15) is 18.0 Å². The summed E-state index contributed by atoms with van der Waals surface area (Å²) >= 11 is 13.1. The number of benzene rings is 3. The van der Waals surface area contributed by atoms with Gasteiger partial charge in [0.15, 0.2) is 0 Å². The van der Waals surface area contributed by atoms with Gasteiger partial charge in [0, 0.05) is 26.7 Å². The first kappa shape index (κ1) is 28.7. The SMILES string of the molecule is Cn1c(Nc2cc(CNC(=O)C3(c4ccccc4)CC3)ccc2Cl)nc2cc(Cl)c(N3CCCC(C(F)(F)F)C3)cc21. The monoisotopic (exact) mass is 615 g/mol. The molecule has 1 amide bonds. The van der Waals surface area contributed by atoms with Crippen LogP contribution >= 0.6 is 23.2 Å². The third-order valence-electron chi connectivity index (χ3n) is 8.42. The lowest BCUT2D eigenvalue weighted by Crippen LogP contribution is -2.41. The number of carbonyl (C=O) groups excluding carboxylic acids is 1. The molecule has 1 saturated carbocycles. The van der Waals surface area contributed by atoms with Gasteiger partial charge in [-0.2, -0.15) is 13.2 Å². The molecule has 2 N–H and O–H groups in total. The van der Waals surface area contributed by atoms with Crippen LogP contribution in [0.5, 0.6) is 0 Å². The number of hydrogen-bond donors (Lipinski definition) is 2. The molecule has 2 aliphatic rings. The first-order valence-corrected chi connectivity index (χ1v) is 14.7. The quantitative estimate of drug-likeness (QED) is 0.223. The summed E-state index contributed by atoms with van der Waals surface area (Å²) < 4.78 is 42.1. The van der Waals surface area contributed by atoms with E-state index in [1.165, 1.54) is 0 Å². The molecule has 1 aliphatic heterocycles. The van der Waals surface area contributed by atoms with E-state index in [1.54, 1.807) is 23.1 Å². The fourth-order valence-electron chi connectivity index (χ4n) is 5.80. The number of aryl methyl sites for hydroxylation is 1. The topological polar surface area (TPSA) is 62.2 Å². The number of carbonyl (C=O) groups is 1. The van der Waals surface area contributed by atoms with Crippen molar-refractivity contribution in [1.82, 2.24) is 14.9 Å².